The summed E-state index contributed by atoms with van der Waals surface area (Å²) in [6.07, 6.45) is 0. The van der Waals surface area contributed by atoms with E-state index in [2.05, 4.69) is 10.4 Å². The van der Waals surface area contributed by atoms with E-state index in [9.17, 15) is 14.7 Å². The van der Waals surface area contributed by atoms with E-state index in [1.165, 1.54) is 4.68 Å². The number of halogens is 1. The number of carboxylic acid groups (broad SMARTS) is 1. The van der Waals surface area contributed by atoms with Gasteiger partial charge in [-0.25, -0.2) is 0 Å². The predicted octanol–water partition coefficient (Wildman–Crippen LogP) is 1.96. The van der Waals surface area contributed by atoms with Crippen LogP contribution in [0.2, 0.25) is 5.15 Å². The summed E-state index contributed by atoms with van der Waals surface area (Å²) in [6.45, 7) is 0. The van der Waals surface area contributed by atoms with Crippen LogP contribution in [-0.4, -0.2) is 21.7 Å². The summed E-state index contributed by atoms with van der Waals surface area (Å²) < 4.78 is 1.37. The summed E-state index contributed by atoms with van der Waals surface area (Å²) in [4.78, 5) is 24.4. The molecule has 1 amide bonds. The summed E-state index contributed by atoms with van der Waals surface area (Å²) in [5.41, 5.74) is 1.59. The topological polar surface area (TPSA) is 87.0 Å². The number of aryl methyl sites for hydroxylation is 1. The zero-order valence-corrected chi connectivity index (χ0v) is 14.6. The first-order valence-corrected chi connectivity index (χ1v) is 8.21. The van der Waals surface area contributed by atoms with E-state index in [-0.39, 0.29) is 10.7 Å². The van der Waals surface area contributed by atoms with E-state index in [0.29, 0.717) is 16.8 Å². The highest BCUT2D eigenvalue weighted by molar-refractivity contribution is 6.33. The molecule has 6 nitrogen and oxygen atoms in total. The number of amides is 1. The number of benzene rings is 2. The third kappa shape index (κ3) is 3.45. The highest BCUT2D eigenvalue weighted by atomic mass is 35.5. The van der Waals surface area contributed by atoms with Crippen molar-refractivity contribution in [2.45, 2.75) is 6.04 Å². The van der Waals surface area contributed by atoms with Gasteiger partial charge in [0.25, 0.3) is 5.91 Å². The maximum Gasteiger partial charge on any atom is 0.257 e. The number of nitrogens with one attached hydrogen (secondary N) is 1. The number of aliphatic carboxylic acids is 1. The van der Waals surface area contributed by atoms with Gasteiger partial charge in [0.15, 0.2) is 0 Å². The van der Waals surface area contributed by atoms with Gasteiger partial charge >= 0.3 is 0 Å². The van der Waals surface area contributed by atoms with E-state index < -0.39 is 17.9 Å². The first kappa shape index (κ1) is 17.7. The second kappa shape index (κ2) is 7.41. The summed E-state index contributed by atoms with van der Waals surface area (Å²) in [7, 11) is 1.61. The average molecular weight is 369 g/mol. The van der Waals surface area contributed by atoms with Crippen molar-refractivity contribution in [1.82, 2.24) is 15.1 Å². The van der Waals surface area contributed by atoms with E-state index in [4.69, 9.17) is 11.6 Å². The molecular formula is C19H15ClN3O3-. The van der Waals surface area contributed by atoms with E-state index in [1.807, 2.05) is 18.2 Å². The molecule has 0 aliphatic carbocycles. The van der Waals surface area contributed by atoms with Crippen molar-refractivity contribution in [1.29, 1.82) is 0 Å². The number of nitrogens with zero attached hydrogens (tertiary/aromatic N) is 2. The molecule has 0 spiro atoms. The van der Waals surface area contributed by atoms with E-state index >= 15 is 0 Å². The normalized spacial score (nSPS) is 11.8. The standard InChI is InChI=1S/C19H16ClN3O3/c1-23-17(20)14(15(22-23)12-8-4-2-5-9-12)18(24)21-16(19(25)26)13-10-6-3-7-11-13/h2-11,16H,1H3,(H,21,24)(H,25,26)/p-1/t16-/m1/s1. The maximum absolute atomic E-state index is 12.8. The second-order valence-corrected chi connectivity index (χ2v) is 6.00. The minimum absolute atomic E-state index is 0.113. The number of carbonyl (C=O) groups excluding carboxylic acids is 2. The van der Waals surface area contributed by atoms with Crippen LogP contribution in [0.15, 0.2) is 60.7 Å². The van der Waals surface area contributed by atoms with Crippen molar-refractivity contribution >= 4 is 23.5 Å². The molecule has 0 bridgehead atoms. The van der Waals surface area contributed by atoms with Gasteiger partial charge in [-0.15, -0.1) is 0 Å². The van der Waals surface area contributed by atoms with Gasteiger partial charge in [0.1, 0.15) is 16.4 Å². The number of carbonyl (C=O) groups is 2. The van der Waals surface area contributed by atoms with Crippen LogP contribution >= 0.6 is 11.6 Å². The molecule has 2 aromatic carbocycles. The molecule has 7 heteroatoms. The average Bonchev–Trinajstić information content (AvgIpc) is 2.96. The van der Waals surface area contributed by atoms with Crippen LogP contribution < -0.4 is 10.4 Å². The van der Waals surface area contributed by atoms with Crippen LogP contribution in [0.25, 0.3) is 11.3 Å². The molecular weight excluding hydrogens is 354 g/mol. The fourth-order valence-corrected chi connectivity index (χ4v) is 2.84. The third-order valence-electron chi connectivity index (χ3n) is 3.90. The lowest BCUT2D eigenvalue weighted by molar-refractivity contribution is -0.308. The van der Waals surface area contributed by atoms with Crippen LogP contribution in [0.1, 0.15) is 22.0 Å². The molecule has 3 rings (SSSR count). The number of carboxylic acids is 1. The second-order valence-electron chi connectivity index (χ2n) is 5.64. The molecule has 1 aromatic heterocycles. The Morgan fingerprint density at radius 1 is 1.08 bits per heavy atom. The smallest absolute Gasteiger partial charge is 0.257 e. The van der Waals surface area contributed by atoms with Gasteiger partial charge in [0.05, 0.1) is 12.0 Å². The van der Waals surface area contributed by atoms with Gasteiger partial charge in [-0.05, 0) is 5.56 Å². The van der Waals surface area contributed by atoms with Crippen LogP contribution in [0.5, 0.6) is 0 Å². The maximum atomic E-state index is 12.8. The van der Waals surface area contributed by atoms with Crippen molar-refractivity contribution in [2.75, 3.05) is 0 Å². The first-order chi connectivity index (χ1) is 12.5. The molecule has 1 atom stereocenters. The van der Waals surface area contributed by atoms with Crippen LogP contribution in [0.3, 0.4) is 0 Å². The minimum Gasteiger partial charge on any atom is -0.548 e. The summed E-state index contributed by atoms with van der Waals surface area (Å²) in [5, 5.41) is 18.4. The zero-order valence-electron chi connectivity index (χ0n) is 13.8. The molecule has 0 aliphatic rings. The van der Waals surface area contributed by atoms with Gasteiger partial charge < -0.3 is 15.2 Å². The van der Waals surface area contributed by atoms with Crippen molar-refractivity contribution in [3.63, 3.8) is 0 Å². The monoisotopic (exact) mass is 368 g/mol. The molecule has 3 aromatic rings. The molecule has 132 valence electrons. The molecule has 1 N–H and O–H groups in total. The van der Waals surface area contributed by atoms with Gasteiger partial charge in [-0.3, -0.25) is 9.48 Å². The summed E-state index contributed by atoms with van der Waals surface area (Å²) in [6, 6.07) is 16.1. The van der Waals surface area contributed by atoms with Gasteiger partial charge in [-0.2, -0.15) is 5.10 Å². The molecule has 0 fully saturated rings. The number of hydrogen-bond acceptors (Lipinski definition) is 4. The lowest BCUT2D eigenvalue weighted by Crippen LogP contribution is -2.41. The fraction of sp³-hybridized carbons (Fsp3) is 0.105. The van der Waals surface area contributed by atoms with Gasteiger partial charge in [-0.1, -0.05) is 72.3 Å². The van der Waals surface area contributed by atoms with Gasteiger partial charge in [0.2, 0.25) is 0 Å². The molecule has 0 saturated heterocycles. The predicted molar refractivity (Wildman–Crippen MR) is 95.3 cm³/mol. The molecule has 1 heterocycles. The lowest BCUT2D eigenvalue weighted by Gasteiger charge is -2.20. The molecule has 0 unspecified atom stereocenters. The number of aromatic nitrogens is 2. The Bertz CT molecular complexity index is 939. The minimum atomic E-state index is -1.41. The van der Waals surface area contributed by atoms with Crippen molar-refractivity contribution in [2.24, 2.45) is 7.05 Å². The summed E-state index contributed by atoms with van der Waals surface area (Å²) in [5.74, 6) is -2.05. The first-order valence-electron chi connectivity index (χ1n) is 7.83. The Labute approximate surface area is 155 Å². The highest BCUT2D eigenvalue weighted by Crippen LogP contribution is 2.28. The summed E-state index contributed by atoms with van der Waals surface area (Å²) >= 11 is 6.24. The van der Waals surface area contributed by atoms with Crippen molar-refractivity contribution in [3.8, 4) is 11.3 Å². The lowest BCUT2D eigenvalue weighted by atomic mass is 10.0. The van der Waals surface area contributed by atoms with Crippen LogP contribution in [-0.2, 0) is 11.8 Å². The van der Waals surface area contributed by atoms with E-state index in [0.717, 1.165) is 0 Å². The Kier molecular flexibility index (Phi) is 5.04. The molecule has 26 heavy (non-hydrogen) atoms. The zero-order chi connectivity index (χ0) is 18.7. The largest absolute Gasteiger partial charge is 0.548 e. The fourth-order valence-electron chi connectivity index (χ4n) is 2.63. The van der Waals surface area contributed by atoms with Crippen molar-refractivity contribution < 1.29 is 14.7 Å². The molecule has 0 radical (unpaired) electrons. The Balaban J connectivity index is 1.99. The highest BCUT2D eigenvalue weighted by Gasteiger charge is 2.25. The Morgan fingerprint density at radius 3 is 2.23 bits per heavy atom. The molecule has 0 aliphatic heterocycles. The van der Waals surface area contributed by atoms with Crippen LogP contribution in [0.4, 0.5) is 0 Å². The van der Waals surface area contributed by atoms with E-state index in [1.54, 1.807) is 49.5 Å². The Morgan fingerprint density at radius 2 is 1.65 bits per heavy atom. The molecule has 0 saturated carbocycles. The van der Waals surface area contributed by atoms with Crippen LogP contribution in [0, 0.1) is 0 Å². The van der Waals surface area contributed by atoms with Crippen molar-refractivity contribution in [3.05, 3.63) is 76.9 Å². The number of hydrogen-bond donors (Lipinski definition) is 1. The van der Waals surface area contributed by atoms with Gasteiger partial charge in [0, 0.05) is 12.6 Å². The third-order valence-corrected chi connectivity index (χ3v) is 4.33. The quantitative estimate of drug-likeness (QED) is 0.745. The number of rotatable bonds is 5. The Hall–Kier alpha value is -3.12. The SMILES string of the molecule is Cn1nc(-c2ccccc2)c(C(=O)N[C@@H](C(=O)[O-])c2ccccc2)c1Cl.